The highest BCUT2D eigenvalue weighted by atomic mass is 19.1. The quantitative estimate of drug-likeness (QED) is 0.852. The summed E-state index contributed by atoms with van der Waals surface area (Å²) < 4.78 is 13.4. The number of aryl methyl sites for hydroxylation is 1. The SMILES string of the molecule is CCC1(O)CN(CC(=O)NCc2ccc(C)c(F)c2)C1. The summed E-state index contributed by atoms with van der Waals surface area (Å²) in [5, 5.41) is 12.6. The highest BCUT2D eigenvalue weighted by Crippen LogP contribution is 2.23. The van der Waals surface area contributed by atoms with Crippen molar-refractivity contribution < 1.29 is 14.3 Å². The van der Waals surface area contributed by atoms with Crippen LogP contribution in [-0.2, 0) is 11.3 Å². The van der Waals surface area contributed by atoms with Gasteiger partial charge in [0.25, 0.3) is 0 Å². The Morgan fingerprint density at radius 3 is 2.80 bits per heavy atom. The minimum absolute atomic E-state index is 0.107. The number of rotatable bonds is 5. The fourth-order valence-corrected chi connectivity index (χ4v) is 2.33. The summed E-state index contributed by atoms with van der Waals surface area (Å²) in [4.78, 5) is 13.6. The molecule has 2 rings (SSSR count). The highest BCUT2D eigenvalue weighted by molar-refractivity contribution is 5.78. The van der Waals surface area contributed by atoms with Crippen LogP contribution < -0.4 is 5.32 Å². The van der Waals surface area contributed by atoms with Gasteiger partial charge in [-0.1, -0.05) is 19.1 Å². The lowest BCUT2D eigenvalue weighted by Crippen LogP contribution is -2.62. The smallest absolute Gasteiger partial charge is 0.234 e. The molecule has 1 aliphatic heterocycles. The highest BCUT2D eigenvalue weighted by Gasteiger charge is 2.39. The Bertz CT molecular complexity index is 499. The van der Waals surface area contributed by atoms with Crippen molar-refractivity contribution in [3.63, 3.8) is 0 Å². The lowest BCUT2D eigenvalue weighted by molar-refractivity contribution is -0.133. The largest absolute Gasteiger partial charge is 0.387 e. The van der Waals surface area contributed by atoms with E-state index in [9.17, 15) is 14.3 Å². The predicted molar refractivity (Wildman–Crippen MR) is 74.7 cm³/mol. The number of carbonyl (C=O) groups is 1. The van der Waals surface area contributed by atoms with Crippen molar-refractivity contribution in [2.45, 2.75) is 32.4 Å². The molecule has 0 radical (unpaired) electrons. The molecule has 110 valence electrons. The third-order valence-electron chi connectivity index (χ3n) is 3.79. The van der Waals surface area contributed by atoms with Crippen LogP contribution in [0, 0.1) is 12.7 Å². The van der Waals surface area contributed by atoms with E-state index in [-0.39, 0.29) is 18.3 Å². The van der Waals surface area contributed by atoms with E-state index in [0.717, 1.165) is 5.56 Å². The molecule has 0 aromatic heterocycles. The van der Waals surface area contributed by atoms with E-state index in [1.165, 1.54) is 6.07 Å². The first-order valence-electron chi connectivity index (χ1n) is 6.88. The molecule has 2 N–H and O–H groups in total. The van der Waals surface area contributed by atoms with Gasteiger partial charge >= 0.3 is 0 Å². The molecule has 1 amide bonds. The van der Waals surface area contributed by atoms with Crippen molar-refractivity contribution in [1.82, 2.24) is 10.2 Å². The average molecular weight is 280 g/mol. The Morgan fingerprint density at radius 2 is 2.20 bits per heavy atom. The van der Waals surface area contributed by atoms with Gasteiger partial charge in [-0.3, -0.25) is 9.69 Å². The zero-order valence-corrected chi connectivity index (χ0v) is 11.9. The van der Waals surface area contributed by atoms with Crippen molar-refractivity contribution in [3.8, 4) is 0 Å². The molecule has 4 nitrogen and oxygen atoms in total. The number of hydrogen-bond acceptors (Lipinski definition) is 3. The van der Waals surface area contributed by atoms with Gasteiger partial charge in [0.1, 0.15) is 5.82 Å². The molecule has 0 atom stereocenters. The first-order chi connectivity index (χ1) is 9.42. The molecule has 1 fully saturated rings. The van der Waals surface area contributed by atoms with Crippen LogP contribution in [-0.4, -0.2) is 41.1 Å². The average Bonchev–Trinajstić information content (AvgIpc) is 2.38. The standard InChI is InChI=1S/C15H21FN2O2/c1-3-15(20)9-18(10-15)8-14(19)17-7-12-5-4-11(2)13(16)6-12/h4-6,20H,3,7-10H2,1-2H3,(H,17,19). The Hall–Kier alpha value is -1.46. The maximum absolute atomic E-state index is 13.4. The van der Waals surface area contributed by atoms with Gasteiger partial charge in [0.15, 0.2) is 0 Å². The molecule has 0 unspecified atom stereocenters. The molecule has 1 saturated heterocycles. The van der Waals surface area contributed by atoms with Crippen LogP contribution in [0.2, 0.25) is 0 Å². The number of nitrogens with one attached hydrogen (secondary N) is 1. The van der Waals surface area contributed by atoms with Crippen molar-refractivity contribution in [2.75, 3.05) is 19.6 Å². The first kappa shape index (κ1) is 14.9. The van der Waals surface area contributed by atoms with Crippen LogP contribution in [0.15, 0.2) is 18.2 Å². The lowest BCUT2D eigenvalue weighted by atomic mass is 9.91. The molecule has 0 bridgehead atoms. The van der Waals surface area contributed by atoms with E-state index >= 15 is 0 Å². The van der Waals surface area contributed by atoms with Crippen LogP contribution in [0.25, 0.3) is 0 Å². The van der Waals surface area contributed by atoms with Gasteiger partial charge in [-0.2, -0.15) is 0 Å². The van der Waals surface area contributed by atoms with Gasteiger partial charge in [-0.05, 0) is 30.5 Å². The maximum Gasteiger partial charge on any atom is 0.234 e. The zero-order chi connectivity index (χ0) is 14.8. The molecule has 0 aliphatic carbocycles. The minimum Gasteiger partial charge on any atom is -0.387 e. The van der Waals surface area contributed by atoms with Crippen molar-refractivity contribution in [3.05, 3.63) is 35.1 Å². The summed E-state index contributed by atoms with van der Waals surface area (Å²) in [5.41, 5.74) is 0.718. The number of nitrogens with zero attached hydrogens (tertiary/aromatic N) is 1. The summed E-state index contributed by atoms with van der Waals surface area (Å²) in [6, 6.07) is 4.95. The number of likely N-dealkylation sites (tertiary alicyclic amines) is 1. The molecular formula is C15H21FN2O2. The van der Waals surface area contributed by atoms with Gasteiger partial charge in [0.05, 0.1) is 12.1 Å². The van der Waals surface area contributed by atoms with E-state index in [1.807, 2.05) is 11.8 Å². The number of carbonyl (C=O) groups excluding carboxylic acids is 1. The first-order valence-corrected chi connectivity index (χ1v) is 6.88. The number of hydrogen-bond donors (Lipinski definition) is 2. The van der Waals surface area contributed by atoms with Gasteiger partial charge < -0.3 is 10.4 Å². The summed E-state index contributed by atoms with van der Waals surface area (Å²) in [5.74, 6) is -0.364. The molecule has 1 aliphatic rings. The summed E-state index contributed by atoms with van der Waals surface area (Å²) in [7, 11) is 0. The Labute approximate surface area is 118 Å². The third kappa shape index (κ3) is 3.55. The van der Waals surface area contributed by atoms with Crippen LogP contribution in [0.5, 0.6) is 0 Å². The minimum atomic E-state index is -0.625. The van der Waals surface area contributed by atoms with Crippen LogP contribution in [0.4, 0.5) is 4.39 Å². The summed E-state index contributed by atoms with van der Waals surface area (Å²) >= 11 is 0. The maximum atomic E-state index is 13.4. The molecule has 0 saturated carbocycles. The van der Waals surface area contributed by atoms with Crippen molar-refractivity contribution in [1.29, 1.82) is 0 Å². The summed E-state index contributed by atoms with van der Waals surface area (Å²) in [6.07, 6.45) is 0.702. The molecule has 1 aromatic rings. The van der Waals surface area contributed by atoms with Gasteiger partial charge in [-0.15, -0.1) is 0 Å². The number of β-amino-alcohol motifs (C(OH)–C–C–N with tert-alkyl or cyclic N) is 1. The lowest BCUT2D eigenvalue weighted by Gasteiger charge is -2.45. The second-order valence-electron chi connectivity index (χ2n) is 5.58. The van der Waals surface area contributed by atoms with E-state index in [4.69, 9.17) is 0 Å². The van der Waals surface area contributed by atoms with Crippen LogP contribution in [0.3, 0.4) is 0 Å². The number of benzene rings is 1. The van der Waals surface area contributed by atoms with Gasteiger partial charge in [0.2, 0.25) is 5.91 Å². The number of amides is 1. The molecule has 5 heteroatoms. The van der Waals surface area contributed by atoms with Crippen molar-refractivity contribution >= 4 is 5.91 Å². The Balaban J connectivity index is 1.74. The van der Waals surface area contributed by atoms with Crippen LogP contribution in [0.1, 0.15) is 24.5 Å². The van der Waals surface area contributed by atoms with E-state index in [1.54, 1.807) is 19.1 Å². The fourth-order valence-electron chi connectivity index (χ4n) is 2.33. The third-order valence-corrected chi connectivity index (χ3v) is 3.79. The van der Waals surface area contributed by atoms with Crippen LogP contribution >= 0.6 is 0 Å². The molecule has 20 heavy (non-hydrogen) atoms. The van der Waals surface area contributed by atoms with Gasteiger partial charge in [0, 0.05) is 19.6 Å². The number of halogens is 1. The van der Waals surface area contributed by atoms with Crippen molar-refractivity contribution in [2.24, 2.45) is 0 Å². The molecule has 1 aromatic carbocycles. The monoisotopic (exact) mass is 280 g/mol. The molecule has 0 spiro atoms. The second kappa shape index (κ2) is 5.89. The Kier molecular flexibility index (Phi) is 4.40. The molecule has 1 heterocycles. The van der Waals surface area contributed by atoms with E-state index in [0.29, 0.717) is 31.6 Å². The van der Waals surface area contributed by atoms with E-state index in [2.05, 4.69) is 5.32 Å². The predicted octanol–water partition coefficient (Wildman–Crippen LogP) is 1.21. The normalized spacial score (nSPS) is 17.6. The van der Waals surface area contributed by atoms with E-state index < -0.39 is 5.60 Å². The molecular weight excluding hydrogens is 259 g/mol. The summed E-state index contributed by atoms with van der Waals surface area (Å²) in [6.45, 7) is 5.31. The number of aliphatic hydroxyl groups is 1. The zero-order valence-electron chi connectivity index (χ0n) is 11.9. The van der Waals surface area contributed by atoms with Gasteiger partial charge in [-0.25, -0.2) is 4.39 Å². The second-order valence-corrected chi connectivity index (χ2v) is 5.58. The fraction of sp³-hybridized carbons (Fsp3) is 0.533. The topological polar surface area (TPSA) is 52.6 Å². The Morgan fingerprint density at radius 1 is 1.50 bits per heavy atom.